The van der Waals surface area contributed by atoms with E-state index in [9.17, 15) is 8.42 Å². The monoisotopic (exact) mass is 389 g/mol. The average molecular weight is 390 g/mol. The molecule has 2 aromatic heterocycles. The van der Waals surface area contributed by atoms with Crippen LogP contribution in [0.4, 0.5) is 0 Å². The van der Waals surface area contributed by atoms with Gasteiger partial charge in [0.25, 0.3) is 0 Å². The van der Waals surface area contributed by atoms with Gasteiger partial charge in [0.15, 0.2) is 0 Å². The number of pyridine rings is 1. The molecule has 3 rings (SSSR count). The molecule has 26 heavy (non-hydrogen) atoms. The highest BCUT2D eigenvalue weighted by molar-refractivity contribution is 7.89. The summed E-state index contributed by atoms with van der Waals surface area (Å²) in [5.41, 5.74) is 2.52. The van der Waals surface area contributed by atoms with Crippen LogP contribution in [0.3, 0.4) is 0 Å². The van der Waals surface area contributed by atoms with Crippen LogP contribution in [0.25, 0.3) is 11.3 Å². The summed E-state index contributed by atoms with van der Waals surface area (Å²) in [5.74, 6) is 0.632. The first-order chi connectivity index (χ1) is 12.5. The number of sulfonamides is 1. The van der Waals surface area contributed by atoms with Gasteiger partial charge in [0.1, 0.15) is 5.75 Å². The molecule has 0 radical (unpaired) electrons. The predicted molar refractivity (Wildman–Crippen MR) is 102 cm³/mol. The number of hydrogen-bond donors (Lipinski definition) is 1. The topological polar surface area (TPSA) is 81.2 Å². The van der Waals surface area contributed by atoms with Crippen LogP contribution >= 0.6 is 11.3 Å². The van der Waals surface area contributed by atoms with E-state index in [0.717, 1.165) is 16.3 Å². The smallest absolute Gasteiger partial charge is 0.240 e. The van der Waals surface area contributed by atoms with Crippen molar-refractivity contribution in [3.63, 3.8) is 0 Å². The first-order valence-corrected chi connectivity index (χ1v) is 10.3. The van der Waals surface area contributed by atoms with E-state index in [4.69, 9.17) is 4.74 Å². The van der Waals surface area contributed by atoms with Crippen LogP contribution in [0.1, 0.15) is 10.6 Å². The third-order valence-electron chi connectivity index (χ3n) is 3.83. The molecule has 0 bridgehead atoms. The van der Waals surface area contributed by atoms with Crippen molar-refractivity contribution >= 4 is 21.4 Å². The zero-order valence-corrected chi connectivity index (χ0v) is 16.1. The zero-order chi connectivity index (χ0) is 18.6. The summed E-state index contributed by atoms with van der Waals surface area (Å²) in [6.07, 6.45) is 3.98. The Morgan fingerprint density at radius 1 is 1.19 bits per heavy atom. The van der Waals surface area contributed by atoms with Crippen LogP contribution in [0.5, 0.6) is 5.75 Å². The van der Waals surface area contributed by atoms with Crippen molar-refractivity contribution < 1.29 is 13.2 Å². The Kier molecular flexibility index (Phi) is 5.65. The minimum absolute atomic E-state index is 0.259. The Bertz CT molecular complexity index is 986. The van der Waals surface area contributed by atoms with Gasteiger partial charge in [0.05, 0.1) is 22.7 Å². The highest BCUT2D eigenvalue weighted by Crippen LogP contribution is 2.22. The number of hydrogen-bond acceptors (Lipinski definition) is 6. The van der Waals surface area contributed by atoms with Gasteiger partial charge in [-0.15, -0.1) is 11.3 Å². The highest BCUT2D eigenvalue weighted by atomic mass is 32.2. The molecule has 0 aliphatic carbocycles. The van der Waals surface area contributed by atoms with Crippen molar-refractivity contribution in [3.05, 3.63) is 58.7 Å². The van der Waals surface area contributed by atoms with E-state index in [1.165, 1.54) is 11.3 Å². The van der Waals surface area contributed by atoms with Crippen LogP contribution in [0, 0.1) is 6.92 Å². The van der Waals surface area contributed by atoms with E-state index in [-0.39, 0.29) is 11.4 Å². The van der Waals surface area contributed by atoms with Gasteiger partial charge in [-0.3, -0.25) is 4.98 Å². The van der Waals surface area contributed by atoms with E-state index in [1.807, 2.05) is 17.5 Å². The Morgan fingerprint density at radius 2 is 1.96 bits per heavy atom. The summed E-state index contributed by atoms with van der Waals surface area (Å²) in [5, 5.41) is 2.85. The lowest BCUT2D eigenvalue weighted by molar-refractivity contribution is 0.414. The Hall–Kier alpha value is -2.29. The molecule has 0 atom stereocenters. The first kappa shape index (κ1) is 18.5. The molecule has 1 N–H and O–H groups in total. The molecular weight excluding hydrogens is 370 g/mol. The molecule has 0 unspecified atom stereocenters. The summed E-state index contributed by atoms with van der Waals surface area (Å²) in [7, 11) is -2.02. The Balaban J connectivity index is 1.63. The van der Waals surface area contributed by atoms with Gasteiger partial charge in [-0.1, -0.05) is 0 Å². The molecule has 0 aliphatic rings. The largest absolute Gasteiger partial charge is 0.497 e. The van der Waals surface area contributed by atoms with E-state index in [1.54, 1.807) is 44.6 Å². The number of benzene rings is 1. The fourth-order valence-electron chi connectivity index (χ4n) is 2.50. The van der Waals surface area contributed by atoms with Gasteiger partial charge in [-0.05, 0) is 42.8 Å². The number of thiazole rings is 1. The second-order valence-electron chi connectivity index (χ2n) is 5.64. The van der Waals surface area contributed by atoms with Crippen molar-refractivity contribution in [3.8, 4) is 17.0 Å². The second-order valence-corrected chi connectivity index (χ2v) is 8.32. The fourth-order valence-corrected chi connectivity index (χ4v) is 4.57. The highest BCUT2D eigenvalue weighted by Gasteiger charge is 2.17. The Morgan fingerprint density at radius 3 is 2.65 bits per heavy atom. The van der Waals surface area contributed by atoms with Crippen LogP contribution in [0.2, 0.25) is 0 Å². The normalized spacial score (nSPS) is 11.5. The lowest BCUT2D eigenvalue weighted by Crippen LogP contribution is -2.26. The lowest BCUT2D eigenvalue weighted by Gasteiger charge is -2.10. The summed E-state index contributed by atoms with van der Waals surface area (Å²) in [6, 6.07) is 8.70. The van der Waals surface area contributed by atoms with Crippen molar-refractivity contribution in [2.45, 2.75) is 18.2 Å². The molecule has 3 aromatic rings. The van der Waals surface area contributed by atoms with E-state index < -0.39 is 10.0 Å². The number of aromatic nitrogens is 2. The molecule has 0 amide bonds. The fraction of sp³-hybridized carbons (Fsp3) is 0.222. The maximum absolute atomic E-state index is 12.5. The number of ether oxygens (including phenoxy) is 1. The van der Waals surface area contributed by atoms with Gasteiger partial charge >= 0.3 is 0 Å². The van der Waals surface area contributed by atoms with Crippen LogP contribution in [-0.4, -0.2) is 32.0 Å². The molecule has 0 saturated carbocycles. The van der Waals surface area contributed by atoms with E-state index >= 15 is 0 Å². The van der Waals surface area contributed by atoms with Crippen molar-refractivity contribution in [1.82, 2.24) is 14.7 Å². The standard InChI is InChI=1S/C18H19N3O3S2/c1-13-11-15(24-2)3-4-17(13)26(22,23)20-10-7-18-21-16(12-25-18)14-5-8-19-9-6-14/h3-6,8-9,11-12,20H,7,10H2,1-2H3. The molecule has 0 saturated heterocycles. The van der Waals surface area contributed by atoms with Gasteiger partial charge in [-0.25, -0.2) is 18.1 Å². The van der Waals surface area contributed by atoms with Crippen molar-refractivity contribution in [2.75, 3.05) is 13.7 Å². The van der Waals surface area contributed by atoms with Gasteiger partial charge < -0.3 is 4.74 Å². The molecule has 0 aliphatic heterocycles. The molecule has 136 valence electrons. The van der Waals surface area contributed by atoms with Crippen LogP contribution in [0.15, 0.2) is 53.0 Å². The number of nitrogens with one attached hydrogen (secondary N) is 1. The zero-order valence-electron chi connectivity index (χ0n) is 14.5. The van der Waals surface area contributed by atoms with Crippen molar-refractivity contribution in [2.24, 2.45) is 0 Å². The van der Waals surface area contributed by atoms with Gasteiger partial charge in [-0.2, -0.15) is 0 Å². The third kappa shape index (κ3) is 4.27. The second kappa shape index (κ2) is 7.94. The van der Waals surface area contributed by atoms with E-state index in [0.29, 0.717) is 17.7 Å². The number of aryl methyl sites for hydroxylation is 1. The van der Waals surface area contributed by atoms with Crippen LogP contribution in [-0.2, 0) is 16.4 Å². The van der Waals surface area contributed by atoms with Crippen LogP contribution < -0.4 is 9.46 Å². The molecule has 1 aromatic carbocycles. The molecule has 6 nitrogen and oxygen atoms in total. The summed E-state index contributed by atoms with van der Waals surface area (Å²) in [4.78, 5) is 8.80. The number of nitrogens with zero attached hydrogens (tertiary/aromatic N) is 2. The summed E-state index contributed by atoms with van der Waals surface area (Å²) < 4.78 is 32.7. The number of methoxy groups -OCH3 is 1. The van der Waals surface area contributed by atoms with Crippen molar-refractivity contribution in [1.29, 1.82) is 0 Å². The Labute approximate surface area is 157 Å². The molecule has 2 heterocycles. The maximum atomic E-state index is 12.5. The molecule has 8 heteroatoms. The predicted octanol–water partition coefficient (Wildman–Crippen LogP) is 3.04. The SMILES string of the molecule is COc1ccc(S(=O)(=O)NCCc2nc(-c3ccncc3)cs2)c(C)c1. The maximum Gasteiger partial charge on any atom is 0.240 e. The lowest BCUT2D eigenvalue weighted by atomic mass is 10.2. The molecule has 0 fully saturated rings. The summed E-state index contributed by atoms with van der Waals surface area (Å²) >= 11 is 1.52. The third-order valence-corrected chi connectivity index (χ3v) is 6.36. The first-order valence-electron chi connectivity index (χ1n) is 7.99. The quantitative estimate of drug-likeness (QED) is 0.672. The minimum atomic E-state index is -3.57. The van der Waals surface area contributed by atoms with Gasteiger partial charge in [0.2, 0.25) is 10.0 Å². The van der Waals surface area contributed by atoms with E-state index in [2.05, 4.69) is 14.7 Å². The van der Waals surface area contributed by atoms with Gasteiger partial charge in [0, 0.05) is 36.3 Å². The minimum Gasteiger partial charge on any atom is -0.497 e. The number of rotatable bonds is 7. The molecule has 0 spiro atoms. The average Bonchev–Trinajstić information content (AvgIpc) is 3.11. The summed E-state index contributed by atoms with van der Waals surface area (Å²) in [6.45, 7) is 2.04. The molecular formula is C18H19N3O3S2.